The third-order valence-electron chi connectivity index (χ3n) is 4.24. The highest BCUT2D eigenvalue weighted by molar-refractivity contribution is 5.85. The van der Waals surface area contributed by atoms with Crippen molar-refractivity contribution in [3.8, 4) is 5.75 Å². The first-order valence-corrected chi connectivity index (χ1v) is 8.34. The van der Waals surface area contributed by atoms with Crippen molar-refractivity contribution in [2.45, 2.75) is 58.1 Å². The molecule has 23 heavy (non-hydrogen) atoms. The van der Waals surface area contributed by atoms with E-state index in [9.17, 15) is 4.79 Å². The van der Waals surface area contributed by atoms with Crippen molar-refractivity contribution < 1.29 is 9.53 Å². The van der Waals surface area contributed by atoms with Crippen LogP contribution in [0.15, 0.2) is 24.3 Å². The number of benzene rings is 1. The van der Waals surface area contributed by atoms with Crippen LogP contribution >= 0.6 is 12.4 Å². The van der Waals surface area contributed by atoms with Gasteiger partial charge in [0.25, 0.3) is 0 Å². The summed E-state index contributed by atoms with van der Waals surface area (Å²) in [5.41, 5.74) is 6.77. The Labute approximate surface area is 145 Å². The highest BCUT2D eigenvalue weighted by Gasteiger charge is 2.25. The third-order valence-corrected chi connectivity index (χ3v) is 4.24. The van der Waals surface area contributed by atoms with Gasteiger partial charge in [0.15, 0.2) is 0 Å². The number of halogens is 1. The maximum Gasteiger partial charge on any atom is 0.224 e. The van der Waals surface area contributed by atoms with Gasteiger partial charge in [-0.3, -0.25) is 4.79 Å². The predicted octanol–water partition coefficient (Wildman–Crippen LogP) is 3.07. The monoisotopic (exact) mass is 340 g/mol. The number of rotatable bonds is 6. The summed E-state index contributed by atoms with van der Waals surface area (Å²) in [7, 11) is 0. The molecule has 1 aromatic carbocycles. The normalized spacial score (nSPS) is 20.7. The molecule has 2 rings (SSSR count). The lowest BCUT2D eigenvalue weighted by atomic mass is 9.84. The van der Waals surface area contributed by atoms with Gasteiger partial charge in [0.1, 0.15) is 5.75 Å². The Morgan fingerprint density at radius 1 is 1.30 bits per heavy atom. The van der Waals surface area contributed by atoms with Gasteiger partial charge in [0, 0.05) is 11.6 Å². The summed E-state index contributed by atoms with van der Waals surface area (Å²) >= 11 is 0. The van der Waals surface area contributed by atoms with Gasteiger partial charge >= 0.3 is 0 Å². The van der Waals surface area contributed by atoms with E-state index >= 15 is 0 Å². The Bertz CT molecular complexity index is 494. The van der Waals surface area contributed by atoms with E-state index in [2.05, 4.69) is 5.32 Å². The summed E-state index contributed by atoms with van der Waals surface area (Å²) in [6.07, 6.45) is 5.01. The van der Waals surface area contributed by atoms with Crippen LogP contribution in [0.4, 0.5) is 0 Å². The molecule has 0 saturated heterocycles. The van der Waals surface area contributed by atoms with E-state index in [4.69, 9.17) is 10.5 Å². The lowest BCUT2D eigenvalue weighted by Crippen LogP contribution is -2.45. The lowest BCUT2D eigenvalue weighted by molar-refractivity contribution is -0.121. The smallest absolute Gasteiger partial charge is 0.224 e. The van der Waals surface area contributed by atoms with Crippen molar-refractivity contribution in [3.05, 3.63) is 29.8 Å². The van der Waals surface area contributed by atoms with Crippen LogP contribution in [0.1, 0.15) is 45.1 Å². The SMILES string of the molecule is CC(C)Oc1ccccc1CC(=O)NC1CCCCC1CN.Cl. The molecule has 0 bridgehead atoms. The average molecular weight is 341 g/mol. The molecule has 1 aliphatic carbocycles. The minimum Gasteiger partial charge on any atom is -0.491 e. The zero-order valence-electron chi connectivity index (χ0n) is 14.1. The van der Waals surface area contributed by atoms with Crippen molar-refractivity contribution in [1.29, 1.82) is 0 Å². The van der Waals surface area contributed by atoms with E-state index in [-0.39, 0.29) is 30.5 Å². The Hall–Kier alpha value is -1.26. The molecule has 1 fully saturated rings. The minimum atomic E-state index is 0. The molecule has 2 atom stereocenters. The van der Waals surface area contributed by atoms with E-state index in [1.165, 1.54) is 12.8 Å². The van der Waals surface area contributed by atoms with Gasteiger partial charge < -0.3 is 15.8 Å². The predicted molar refractivity (Wildman–Crippen MR) is 96.1 cm³/mol. The van der Waals surface area contributed by atoms with E-state index < -0.39 is 0 Å². The number of hydrogen-bond donors (Lipinski definition) is 2. The highest BCUT2D eigenvalue weighted by atomic mass is 35.5. The molecule has 5 heteroatoms. The van der Waals surface area contributed by atoms with Crippen molar-refractivity contribution >= 4 is 18.3 Å². The number of nitrogens with two attached hydrogens (primary N) is 1. The summed E-state index contributed by atoms with van der Waals surface area (Å²) < 4.78 is 5.78. The molecule has 2 unspecified atom stereocenters. The first-order valence-electron chi connectivity index (χ1n) is 8.34. The lowest BCUT2D eigenvalue weighted by Gasteiger charge is -2.31. The largest absolute Gasteiger partial charge is 0.491 e. The number of hydrogen-bond acceptors (Lipinski definition) is 3. The second-order valence-electron chi connectivity index (χ2n) is 6.41. The van der Waals surface area contributed by atoms with E-state index in [0.29, 0.717) is 18.9 Å². The van der Waals surface area contributed by atoms with E-state index in [1.807, 2.05) is 38.1 Å². The fraction of sp³-hybridized carbons (Fsp3) is 0.611. The number of amides is 1. The summed E-state index contributed by atoms with van der Waals surface area (Å²) in [5, 5.41) is 3.17. The molecule has 4 nitrogen and oxygen atoms in total. The first kappa shape index (κ1) is 19.8. The fourth-order valence-corrected chi connectivity index (χ4v) is 3.13. The second kappa shape index (κ2) is 9.78. The van der Waals surface area contributed by atoms with Crippen molar-refractivity contribution in [2.75, 3.05) is 6.54 Å². The number of ether oxygens (including phenoxy) is 1. The van der Waals surface area contributed by atoms with Gasteiger partial charge in [0.05, 0.1) is 12.5 Å². The molecule has 1 saturated carbocycles. The summed E-state index contributed by atoms with van der Waals surface area (Å²) in [6.45, 7) is 4.63. The van der Waals surface area contributed by atoms with Gasteiger partial charge in [-0.05, 0) is 45.2 Å². The van der Waals surface area contributed by atoms with Gasteiger partial charge in [-0.15, -0.1) is 12.4 Å². The molecular formula is C18H29ClN2O2. The van der Waals surface area contributed by atoms with Crippen LogP contribution in [-0.2, 0) is 11.2 Å². The Morgan fingerprint density at radius 3 is 2.70 bits per heavy atom. The Balaban J connectivity index is 0.00000264. The maximum absolute atomic E-state index is 12.4. The third kappa shape index (κ3) is 6.04. The van der Waals surface area contributed by atoms with Gasteiger partial charge in [-0.2, -0.15) is 0 Å². The number of nitrogens with one attached hydrogen (secondary N) is 1. The number of carbonyl (C=O) groups excluding carboxylic acids is 1. The molecule has 0 spiro atoms. The topological polar surface area (TPSA) is 64.3 Å². The van der Waals surface area contributed by atoms with Crippen LogP contribution in [0.3, 0.4) is 0 Å². The summed E-state index contributed by atoms with van der Waals surface area (Å²) in [5.74, 6) is 1.27. The first-order chi connectivity index (χ1) is 10.6. The van der Waals surface area contributed by atoms with E-state index in [1.54, 1.807) is 0 Å². The minimum absolute atomic E-state index is 0. The Morgan fingerprint density at radius 2 is 2.00 bits per heavy atom. The van der Waals surface area contributed by atoms with E-state index in [0.717, 1.165) is 24.2 Å². The zero-order chi connectivity index (χ0) is 15.9. The molecule has 0 heterocycles. The van der Waals surface area contributed by atoms with Gasteiger partial charge in [-0.25, -0.2) is 0 Å². The summed E-state index contributed by atoms with van der Waals surface area (Å²) in [6, 6.07) is 7.98. The number of para-hydroxylation sites is 1. The summed E-state index contributed by atoms with van der Waals surface area (Å²) in [4.78, 5) is 12.4. The number of carbonyl (C=O) groups is 1. The molecule has 3 N–H and O–H groups in total. The van der Waals surface area contributed by atoms with Crippen LogP contribution < -0.4 is 15.8 Å². The fourth-order valence-electron chi connectivity index (χ4n) is 3.13. The van der Waals surface area contributed by atoms with Crippen LogP contribution in [0.25, 0.3) is 0 Å². The van der Waals surface area contributed by atoms with Crippen LogP contribution in [0, 0.1) is 5.92 Å². The molecule has 1 amide bonds. The molecule has 1 aliphatic rings. The van der Waals surface area contributed by atoms with Gasteiger partial charge in [0.2, 0.25) is 5.91 Å². The van der Waals surface area contributed by atoms with Gasteiger partial charge in [-0.1, -0.05) is 31.0 Å². The van der Waals surface area contributed by atoms with Crippen molar-refractivity contribution in [1.82, 2.24) is 5.32 Å². The van der Waals surface area contributed by atoms with Crippen LogP contribution in [0.2, 0.25) is 0 Å². The quantitative estimate of drug-likeness (QED) is 0.836. The second-order valence-corrected chi connectivity index (χ2v) is 6.41. The van der Waals surface area contributed by atoms with Crippen molar-refractivity contribution in [2.24, 2.45) is 11.7 Å². The molecule has 130 valence electrons. The standard InChI is InChI=1S/C18H28N2O2.ClH/c1-13(2)22-17-10-6-4-7-14(17)11-18(21)20-16-9-5-3-8-15(16)12-19;/h4,6-7,10,13,15-16H,3,5,8-9,11-12,19H2,1-2H3,(H,20,21);1H. The zero-order valence-corrected chi connectivity index (χ0v) is 14.9. The maximum atomic E-state index is 12.4. The molecular weight excluding hydrogens is 312 g/mol. The highest BCUT2D eigenvalue weighted by Crippen LogP contribution is 2.24. The molecule has 0 radical (unpaired) electrons. The van der Waals surface area contributed by atoms with Crippen LogP contribution in [0.5, 0.6) is 5.75 Å². The van der Waals surface area contributed by atoms with Crippen molar-refractivity contribution in [3.63, 3.8) is 0 Å². The average Bonchev–Trinajstić information content (AvgIpc) is 2.49. The molecule has 1 aromatic rings. The van der Waals surface area contributed by atoms with Crippen LogP contribution in [-0.4, -0.2) is 24.6 Å². The Kier molecular flexibility index (Phi) is 8.42. The molecule has 0 aromatic heterocycles. The molecule has 0 aliphatic heterocycles.